The Morgan fingerprint density at radius 1 is 1.09 bits per heavy atom. The molecule has 1 fully saturated rings. The second-order valence-corrected chi connectivity index (χ2v) is 7.12. The maximum Gasteiger partial charge on any atom is 0.240 e. The summed E-state index contributed by atoms with van der Waals surface area (Å²) in [5.41, 5.74) is 0.0800. The molecule has 2 amide bonds. The van der Waals surface area contributed by atoms with Gasteiger partial charge in [0.05, 0.1) is 11.2 Å². The molecule has 1 heterocycles. The Morgan fingerprint density at radius 2 is 1.78 bits per heavy atom. The number of carbonyl (C=O) groups excluding carboxylic acids is 2. The van der Waals surface area contributed by atoms with Crippen LogP contribution in [0, 0.1) is 5.41 Å². The molecule has 1 saturated carbocycles. The summed E-state index contributed by atoms with van der Waals surface area (Å²) >= 11 is 0. The van der Waals surface area contributed by atoms with Crippen LogP contribution in [-0.4, -0.2) is 22.3 Å². The lowest BCUT2D eigenvalue weighted by atomic mass is 10.0. The summed E-state index contributed by atoms with van der Waals surface area (Å²) in [6, 6.07) is 9.42. The molecule has 0 radical (unpaired) electrons. The number of nitrogens with zero attached hydrogens (tertiary/aromatic N) is 1. The summed E-state index contributed by atoms with van der Waals surface area (Å²) < 4.78 is 0. The number of hydrogen-bond donors (Lipinski definition) is 2. The van der Waals surface area contributed by atoms with Crippen LogP contribution in [0.4, 0.5) is 5.69 Å². The van der Waals surface area contributed by atoms with Gasteiger partial charge in [0.25, 0.3) is 0 Å². The first-order chi connectivity index (χ1) is 10.8. The number of rotatable bonds is 3. The zero-order valence-corrected chi connectivity index (χ0v) is 13.6. The van der Waals surface area contributed by atoms with Crippen LogP contribution in [0.25, 0.3) is 10.9 Å². The Kier molecular flexibility index (Phi) is 3.59. The minimum Gasteiger partial charge on any atom is -0.351 e. The van der Waals surface area contributed by atoms with Crippen molar-refractivity contribution in [3.8, 4) is 0 Å². The van der Waals surface area contributed by atoms with Gasteiger partial charge in [-0.2, -0.15) is 0 Å². The molecule has 0 aliphatic heterocycles. The highest BCUT2D eigenvalue weighted by Crippen LogP contribution is 2.47. The number of para-hydroxylation sites is 1. The highest BCUT2D eigenvalue weighted by atomic mass is 16.2. The number of amides is 2. The average Bonchev–Trinajstić information content (AvgIpc) is 3.27. The largest absolute Gasteiger partial charge is 0.351 e. The van der Waals surface area contributed by atoms with E-state index in [1.807, 2.05) is 51.1 Å². The number of hydrogen-bond acceptors (Lipinski definition) is 3. The van der Waals surface area contributed by atoms with Crippen molar-refractivity contribution < 1.29 is 9.59 Å². The van der Waals surface area contributed by atoms with E-state index in [1.165, 1.54) is 0 Å². The first kappa shape index (κ1) is 15.5. The third kappa shape index (κ3) is 3.04. The lowest BCUT2D eigenvalue weighted by Crippen LogP contribution is -2.48. The molecule has 1 aromatic carbocycles. The van der Waals surface area contributed by atoms with Crippen LogP contribution in [0.2, 0.25) is 0 Å². The van der Waals surface area contributed by atoms with E-state index in [9.17, 15) is 9.59 Å². The number of benzene rings is 1. The van der Waals surface area contributed by atoms with E-state index in [2.05, 4.69) is 15.6 Å². The Balaban J connectivity index is 1.82. The molecule has 5 nitrogen and oxygen atoms in total. The molecular weight excluding hydrogens is 290 g/mol. The van der Waals surface area contributed by atoms with E-state index >= 15 is 0 Å². The van der Waals surface area contributed by atoms with Gasteiger partial charge in [0, 0.05) is 17.1 Å². The number of carbonyl (C=O) groups is 2. The van der Waals surface area contributed by atoms with Gasteiger partial charge in [0.1, 0.15) is 5.41 Å². The van der Waals surface area contributed by atoms with E-state index in [1.54, 1.807) is 6.20 Å². The Hall–Kier alpha value is -2.43. The maximum absolute atomic E-state index is 12.7. The molecule has 3 rings (SSSR count). The minimum absolute atomic E-state index is 0.198. The maximum atomic E-state index is 12.7. The van der Waals surface area contributed by atoms with Gasteiger partial charge in [0.15, 0.2) is 0 Å². The van der Waals surface area contributed by atoms with Crippen LogP contribution in [0.3, 0.4) is 0 Å². The highest BCUT2D eigenvalue weighted by molar-refractivity contribution is 6.14. The Morgan fingerprint density at radius 3 is 2.43 bits per heavy atom. The van der Waals surface area contributed by atoms with E-state index in [4.69, 9.17) is 0 Å². The predicted molar refractivity (Wildman–Crippen MR) is 89.9 cm³/mol. The lowest BCUT2D eigenvalue weighted by Gasteiger charge is -2.24. The molecule has 2 N–H and O–H groups in total. The number of anilines is 1. The number of aromatic nitrogens is 1. The smallest absolute Gasteiger partial charge is 0.240 e. The molecule has 120 valence electrons. The standard InChI is InChI=1S/C18H21N3O2/c1-17(2,3)21-16(23)18(9-10-18)15(22)20-13-8-4-6-12-7-5-11-19-14(12)13/h4-8,11H,9-10H2,1-3H3,(H,20,22)(H,21,23). The monoisotopic (exact) mass is 311 g/mol. The van der Waals surface area contributed by atoms with E-state index in [-0.39, 0.29) is 17.4 Å². The molecule has 0 bridgehead atoms. The van der Waals surface area contributed by atoms with Crippen molar-refractivity contribution >= 4 is 28.4 Å². The lowest BCUT2D eigenvalue weighted by molar-refractivity contribution is -0.135. The van der Waals surface area contributed by atoms with E-state index in [0.29, 0.717) is 18.5 Å². The molecule has 0 saturated heterocycles. The molecule has 2 aromatic rings. The van der Waals surface area contributed by atoms with Crippen molar-refractivity contribution in [1.29, 1.82) is 0 Å². The fourth-order valence-electron chi connectivity index (χ4n) is 2.59. The summed E-state index contributed by atoms with van der Waals surface area (Å²) in [5.74, 6) is -0.451. The molecule has 1 aliphatic carbocycles. The fourth-order valence-corrected chi connectivity index (χ4v) is 2.59. The Bertz CT molecular complexity index is 768. The summed E-state index contributed by atoms with van der Waals surface area (Å²) in [6.45, 7) is 5.73. The third-order valence-electron chi connectivity index (χ3n) is 3.99. The van der Waals surface area contributed by atoms with Crippen LogP contribution in [0.1, 0.15) is 33.6 Å². The molecular formula is C18H21N3O2. The van der Waals surface area contributed by atoms with Crippen molar-refractivity contribution in [2.24, 2.45) is 5.41 Å². The summed E-state index contributed by atoms with van der Waals surface area (Å²) in [5, 5.41) is 6.76. The number of fused-ring (bicyclic) bond motifs is 1. The van der Waals surface area contributed by atoms with Crippen molar-refractivity contribution in [2.75, 3.05) is 5.32 Å². The molecule has 1 aromatic heterocycles. The topological polar surface area (TPSA) is 71.1 Å². The second kappa shape index (κ2) is 5.33. The normalized spacial score (nSPS) is 16.0. The van der Waals surface area contributed by atoms with Gasteiger partial charge in [-0.05, 0) is 45.7 Å². The van der Waals surface area contributed by atoms with Crippen LogP contribution in [-0.2, 0) is 9.59 Å². The van der Waals surface area contributed by atoms with Crippen LogP contribution < -0.4 is 10.6 Å². The second-order valence-electron chi connectivity index (χ2n) is 7.12. The zero-order chi connectivity index (χ0) is 16.7. The fraction of sp³-hybridized carbons (Fsp3) is 0.389. The molecule has 5 heteroatoms. The van der Waals surface area contributed by atoms with Gasteiger partial charge >= 0.3 is 0 Å². The minimum atomic E-state index is -0.940. The Labute approximate surface area is 135 Å². The van der Waals surface area contributed by atoms with Crippen LogP contribution in [0.5, 0.6) is 0 Å². The quantitative estimate of drug-likeness (QED) is 0.856. The van der Waals surface area contributed by atoms with Crippen molar-refractivity contribution in [1.82, 2.24) is 10.3 Å². The van der Waals surface area contributed by atoms with Gasteiger partial charge in [-0.15, -0.1) is 0 Å². The van der Waals surface area contributed by atoms with Crippen molar-refractivity contribution in [3.63, 3.8) is 0 Å². The SMILES string of the molecule is CC(C)(C)NC(=O)C1(C(=O)Nc2cccc3cccnc23)CC1. The first-order valence-electron chi connectivity index (χ1n) is 7.80. The first-order valence-corrected chi connectivity index (χ1v) is 7.80. The molecule has 0 spiro atoms. The summed E-state index contributed by atoms with van der Waals surface area (Å²) in [7, 11) is 0. The van der Waals surface area contributed by atoms with E-state index in [0.717, 1.165) is 10.9 Å². The summed E-state index contributed by atoms with van der Waals surface area (Å²) in [6.07, 6.45) is 2.86. The highest BCUT2D eigenvalue weighted by Gasteiger charge is 2.57. The van der Waals surface area contributed by atoms with Gasteiger partial charge in [0.2, 0.25) is 11.8 Å². The van der Waals surface area contributed by atoms with Crippen molar-refractivity contribution in [2.45, 2.75) is 39.2 Å². The molecule has 0 unspecified atom stereocenters. The molecule has 1 aliphatic rings. The van der Waals surface area contributed by atoms with Crippen LogP contribution >= 0.6 is 0 Å². The van der Waals surface area contributed by atoms with Crippen molar-refractivity contribution in [3.05, 3.63) is 36.5 Å². The summed E-state index contributed by atoms with van der Waals surface area (Å²) in [4.78, 5) is 29.4. The average molecular weight is 311 g/mol. The van der Waals surface area contributed by atoms with Gasteiger partial charge in [-0.1, -0.05) is 18.2 Å². The molecule has 0 atom stereocenters. The van der Waals surface area contributed by atoms with Gasteiger partial charge in [-0.3, -0.25) is 14.6 Å². The predicted octanol–water partition coefficient (Wildman–Crippen LogP) is 2.87. The van der Waals surface area contributed by atoms with E-state index < -0.39 is 5.41 Å². The zero-order valence-electron chi connectivity index (χ0n) is 13.6. The van der Waals surface area contributed by atoms with Gasteiger partial charge in [-0.25, -0.2) is 0 Å². The molecule has 23 heavy (non-hydrogen) atoms. The van der Waals surface area contributed by atoms with Crippen LogP contribution in [0.15, 0.2) is 36.5 Å². The number of nitrogens with one attached hydrogen (secondary N) is 2. The van der Waals surface area contributed by atoms with Gasteiger partial charge < -0.3 is 10.6 Å². The third-order valence-corrected chi connectivity index (χ3v) is 3.99. The number of pyridine rings is 1.